The Balaban J connectivity index is 1.46. The highest BCUT2D eigenvalue weighted by molar-refractivity contribution is 5.69. The zero-order chi connectivity index (χ0) is 24.5. The van der Waals surface area contributed by atoms with Crippen molar-refractivity contribution >= 4 is 11.2 Å². The van der Waals surface area contributed by atoms with E-state index in [1.807, 2.05) is 6.92 Å². The lowest BCUT2D eigenvalue weighted by atomic mass is 10.2. The van der Waals surface area contributed by atoms with Gasteiger partial charge in [-0.25, -0.2) is 9.78 Å². The molecule has 4 aromatic heterocycles. The second-order valence-electron chi connectivity index (χ2n) is 7.89. The lowest BCUT2D eigenvalue weighted by Gasteiger charge is -2.10. The summed E-state index contributed by atoms with van der Waals surface area (Å²) >= 11 is 0. The van der Waals surface area contributed by atoms with Crippen molar-refractivity contribution in [1.29, 1.82) is 0 Å². The first-order chi connectivity index (χ1) is 16.2. The molecule has 0 unspecified atom stereocenters. The van der Waals surface area contributed by atoms with Crippen molar-refractivity contribution < 1.29 is 17.7 Å². The molecule has 0 aromatic carbocycles. The van der Waals surface area contributed by atoms with Crippen LogP contribution in [0.5, 0.6) is 0 Å². The van der Waals surface area contributed by atoms with Crippen molar-refractivity contribution in [3.8, 4) is 11.6 Å². The van der Waals surface area contributed by atoms with Gasteiger partial charge >= 0.3 is 11.9 Å². The quantitative estimate of drug-likeness (QED) is 0.351. The molecule has 2 N–H and O–H groups in total. The van der Waals surface area contributed by atoms with E-state index in [9.17, 15) is 22.8 Å². The van der Waals surface area contributed by atoms with E-state index in [-0.39, 0.29) is 23.8 Å². The van der Waals surface area contributed by atoms with Gasteiger partial charge in [-0.2, -0.15) is 23.3 Å². The Hall–Kier alpha value is -3.71. The van der Waals surface area contributed by atoms with E-state index in [1.165, 1.54) is 9.13 Å². The number of hydrogen-bond acceptors (Lipinski definition) is 7. The fraction of sp³-hybridized carbons (Fsp3) is 0.500. The van der Waals surface area contributed by atoms with Crippen molar-refractivity contribution in [3.05, 3.63) is 44.2 Å². The van der Waals surface area contributed by atoms with E-state index in [4.69, 9.17) is 4.52 Å². The van der Waals surface area contributed by atoms with Crippen LogP contribution in [0.1, 0.15) is 49.8 Å². The molecular formula is C20H23F3N8O3. The minimum absolute atomic E-state index is 0.168. The summed E-state index contributed by atoms with van der Waals surface area (Å²) in [4.78, 5) is 37.0. The van der Waals surface area contributed by atoms with Gasteiger partial charge in [0, 0.05) is 19.5 Å². The minimum Gasteiger partial charge on any atom is -0.336 e. The Morgan fingerprint density at radius 3 is 2.59 bits per heavy atom. The number of rotatable bonds is 9. The second kappa shape index (κ2) is 9.27. The van der Waals surface area contributed by atoms with Crippen molar-refractivity contribution in [3.63, 3.8) is 0 Å². The van der Waals surface area contributed by atoms with Crippen LogP contribution in [0.4, 0.5) is 13.2 Å². The number of aromatic amines is 2. The Morgan fingerprint density at radius 2 is 1.85 bits per heavy atom. The van der Waals surface area contributed by atoms with Gasteiger partial charge in [-0.1, -0.05) is 18.5 Å². The summed E-state index contributed by atoms with van der Waals surface area (Å²) in [5, 5.41) is 9.35. The molecular weight excluding hydrogens is 457 g/mol. The van der Waals surface area contributed by atoms with E-state index < -0.39 is 28.7 Å². The van der Waals surface area contributed by atoms with E-state index in [0.29, 0.717) is 43.5 Å². The molecule has 0 spiro atoms. The summed E-state index contributed by atoms with van der Waals surface area (Å²) < 4.78 is 46.7. The third-order valence-electron chi connectivity index (χ3n) is 5.37. The lowest BCUT2D eigenvalue weighted by molar-refractivity contribution is -0.137. The third kappa shape index (κ3) is 4.52. The number of imidazole rings is 1. The van der Waals surface area contributed by atoms with Gasteiger partial charge in [0.05, 0.1) is 6.20 Å². The smallest absolute Gasteiger partial charge is 0.336 e. The van der Waals surface area contributed by atoms with Crippen molar-refractivity contribution in [2.24, 2.45) is 0 Å². The number of halogens is 3. The molecule has 0 aliphatic rings. The van der Waals surface area contributed by atoms with E-state index in [1.54, 1.807) is 6.92 Å². The van der Waals surface area contributed by atoms with E-state index in [2.05, 4.69) is 30.3 Å². The molecule has 0 amide bonds. The van der Waals surface area contributed by atoms with Crippen LogP contribution in [0.25, 0.3) is 22.7 Å². The summed E-state index contributed by atoms with van der Waals surface area (Å²) in [6, 6.07) is 0. The number of hydrogen-bond donors (Lipinski definition) is 2. The van der Waals surface area contributed by atoms with Gasteiger partial charge < -0.3 is 9.51 Å². The molecule has 0 atom stereocenters. The zero-order valence-electron chi connectivity index (χ0n) is 18.6. The Bertz CT molecular complexity index is 1410. The normalized spacial score (nSPS) is 12.1. The van der Waals surface area contributed by atoms with Gasteiger partial charge in [-0.15, -0.1) is 0 Å². The van der Waals surface area contributed by atoms with Gasteiger partial charge in [0.1, 0.15) is 22.6 Å². The van der Waals surface area contributed by atoms with Gasteiger partial charge in [-0.3, -0.25) is 19.0 Å². The van der Waals surface area contributed by atoms with Crippen LogP contribution in [-0.2, 0) is 25.7 Å². The molecule has 0 radical (unpaired) electrons. The fourth-order valence-corrected chi connectivity index (χ4v) is 3.67. The molecule has 0 aliphatic carbocycles. The van der Waals surface area contributed by atoms with Crippen LogP contribution in [0, 0.1) is 6.92 Å². The van der Waals surface area contributed by atoms with Crippen molar-refractivity contribution in [2.75, 3.05) is 0 Å². The molecule has 4 aromatic rings. The maximum absolute atomic E-state index is 13.0. The average molecular weight is 480 g/mol. The first kappa shape index (κ1) is 23.4. The number of nitrogens with zero attached hydrogens (tertiary/aromatic N) is 6. The van der Waals surface area contributed by atoms with Crippen LogP contribution in [-0.4, -0.2) is 39.4 Å². The number of nitrogens with one attached hydrogen (secondary N) is 2. The molecule has 0 aliphatic heterocycles. The number of unbranched alkanes of at least 4 members (excludes halogenated alkanes) is 2. The number of H-pyrrole nitrogens is 2. The molecule has 0 bridgehead atoms. The van der Waals surface area contributed by atoms with Crippen LogP contribution < -0.4 is 11.2 Å². The standard InChI is InChI=1S/C20H23F3N8O3/c1-3-4-8-30-16-15(25-11(2)26-16)18(32)31(19(30)33)9-6-5-7-13-27-17(34-29-13)14-12(10-24-28-14)20(21,22)23/h10H,3-9H2,1-2H3,(H,24,28)(H,25,26). The lowest BCUT2D eigenvalue weighted by Crippen LogP contribution is -2.40. The topological polar surface area (TPSA) is 140 Å². The van der Waals surface area contributed by atoms with Gasteiger partial charge in [-0.05, 0) is 26.2 Å². The van der Waals surface area contributed by atoms with E-state index in [0.717, 1.165) is 12.8 Å². The minimum atomic E-state index is -4.61. The molecule has 14 heteroatoms. The highest BCUT2D eigenvalue weighted by atomic mass is 19.4. The number of aryl methyl sites for hydroxylation is 3. The largest absolute Gasteiger partial charge is 0.420 e. The number of alkyl halides is 3. The summed E-state index contributed by atoms with van der Waals surface area (Å²) in [5.74, 6) is 0.452. The van der Waals surface area contributed by atoms with Gasteiger partial charge in [0.15, 0.2) is 11.5 Å². The Morgan fingerprint density at radius 1 is 1.09 bits per heavy atom. The first-order valence-electron chi connectivity index (χ1n) is 10.8. The summed E-state index contributed by atoms with van der Waals surface area (Å²) in [7, 11) is 0. The molecule has 4 heterocycles. The van der Waals surface area contributed by atoms with Crippen molar-refractivity contribution in [2.45, 2.75) is 65.2 Å². The maximum Gasteiger partial charge on any atom is 0.420 e. The van der Waals surface area contributed by atoms with Gasteiger partial charge in [0.25, 0.3) is 11.4 Å². The molecule has 34 heavy (non-hydrogen) atoms. The molecule has 4 rings (SSSR count). The fourth-order valence-electron chi connectivity index (χ4n) is 3.67. The van der Waals surface area contributed by atoms with Crippen LogP contribution >= 0.6 is 0 Å². The van der Waals surface area contributed by atoms with Gasteiger partial charge in [0.2, 0.25) is 0 Å². The maximum atomic E-state index is 13.0. The molecule has 11 nitrogen and oxygen atoms in total. The predicted octanol–water partition coefficient (Wildman–Crippen LogP) is 2.81. The first-order valence-corrected chi connectivity index (χ1v) is 10.8. The molecule has 0 fully saturated rings. The highest BCUT2D eigenvalue weighted by Gasteiger charge is 2.37. The average Bonchev–Trinajstić information content (AvgIpc) is 3.51. The van der Waals surface area contributed by atoms with Crippen LogP contribution in [0.3, 0.4) is 0 Å². The summed E-state index contributed by atoms with van der Waals surface area (Å²) in [6.45, 7) is 4.35. The van der Waals surface area contributed by atoms with Crippen LogP contribution in [0.2, 0.25) is 0 Å². The second-order valence-corrected chi connectivity index (χ2v) is 7.89. The number of aromatic nitrogens is 8. The van der Waals surface area contributed by atoms with Crippen molar-refractivity contribution in [1.82, 2.24) is 39.4 Å². The Kier molecular flexibility index (Phi) is 6.39. The monoisotopic (exact) mass is 480 g/mol. The third-order valence-corrected chi connectivity index (χ3v) is 5.37. The zero-order valence-corrected chi connectivity index (χ0v) is 18.6. The molecule has 0 saturated carbocycles. The predicted molar refractivity (Wildman–Crippen MR) is 114 cm³/mol. The molecule has 182 valence electrons. The molecule has 0 saturated heterocycles. The van der Waals surface area contributed by atoms with Crippen LogP contribution in [0.15, 0.2) is 20.3 Å². The van der Waals surface area contributed by atoms with E-state index >= 15 is 0 Å². The summed E-state index contributed by atoms with van der Waals surface area (Å²) in [5.41, 5.74) is -1.60. The Labute approximate surface area is 190 Å². The summed E-state index contributed by atoms with van der Waals surface area (Å²) in [6.07, 6.45) is -1.08. The SMILES string of the molecule is CCCCn1c(=O)n(CCCCc2noc(-c3[nH]ncc3C(F)(F)F)n2)c(=O)c2[nH]c(C)nc21. The number of fused-ring (bicyclic) bond motifs is 1. The highest BCUT2D eigenvalue weighted by Crippen LogP contribution is 2.34.